The van der Waals surface area contributed by atoms with Gasteiger partial charge in [-0.05, 0) is 53.8 Å². The van der Waals surface area contributed by atoms with Crippen molar-refractivity contribution < 1.29 is 19.1 Å². The van der Waals surface area contributed by atoms with E-state index in [-0.39, 0.29) is 24.7 Å². The predicted molar refractivity (Wildman–Crippen MR) is 126 cm³/mol. The van der Waals surface area contributed by atoms with Crippen LogP contribution in [0.5, 0.6) is 5.75 Å². The van der Waals surface area contributed by atoms with Gasteiger partial charge in [0, 0.05) is 10.7 Å². The summed E-state index contributed by atoms with van der Waals surface area (Å²) in [6, 6.07) is 20.0. The van der Waals surface area contributed by atoms with Gasteiger partial charge in [0.05, 0.1) is 0 Å². The van der Waals surface area contributed by atoms with Crippen molar-refractivity contribution in [3.8, 4) is 5.75 Å². The molecule has 3 rings (SSSR count). The van der Waals surface area contributed by atoms with Crippen molar-refractivity contribution in [1.82, 2.24) is 0 Å². The monoisotopic (exact) mass is 451 g/mol. The molecule has 0 radical (unpaired) electrons. The highest BCUT2D eigenvalue weighted by atomic mass is 35.5. The average molecular weight is 452 g/mol. The van der Waals surface area contributed by atoms with Gasteiger partial charge in [-0.2, -0.15) is 0 Å². The summed E-state index contributed by atoms with van der Waals surface area (Å²) in [5.74, 6) is -0.614. The van der Waals surface area contributed by atoms with Gasteiger partial charge in [0.15, 0.2) is 6.61 Å². The number of hydrogen-bond acceptors (Lipinski definition) is 4. The first-order valence-corrected chi connectivity index (χ1v) is 10.9. The highest BCUT2D eigenvalue weighted by molar-refractivity contribution is 6.30. The molecule has 0 aliphatic carbocycles. The van der Waals surface area contributed by atoms with Gasteiger partial charge in [0.25, 0.3) is 5.91 Å². The lowest BCUT2D eigenvalue weighted by atomic mass is 10.0. The molecule has 1 N–H and O–H groups in total. The second-order valence-electron chi connectivity index (χ2n) is 7.19. The predicted octanol–water partition coefficient (Wildman–Crippen LogP) is 5.84. The smallest absolute Gasteiger partial charge is 0.342 e. The van der Waals surface area contributed by atoms with Crippen LogP contribution in [-0.4, -0.2) is 18.5 Å². The maximum atomic E-state index is 12.6. The minimum absolute atomic E-state index is 0.262. The maximum Gasteiger partial charge on any atom is 0.342 e. The van der Waals surface area contributed by atoms with Crippen LogP contribution in [0.25, 0.3) is 0 Å². The molecule has 32 heavy (non-hydrogen) atoms. The summed E-state index contributed by atoms with van der Waals surface area (Å²) in [5.41, 5.74) is 4.07. The molecule has 1 amide bonds. The van der Waals surface area contributed by atoms with Gasteiger partial charge >= 0.3 is 5.97 Å². The largest absolute Gasteiger partial charge is 0.488 e. The lowest BCUT2D eigenvalue weighted by molar-refractivity contribution is -0.119. The number of amides is 1. The summed E-state index contributed by atoms with van der Waals surface area (Å²) in [6.07, 6.45) is 1.59. The molecule has 0 saturated heterocycles. The lowest BCUT2D eigenvalue weighted by Gasteiger charge is -2.15. The van der Waals surface area contributed by atoms with Gasteiger partial charge in [0.1, 0.15) is 17.9 Å². The Hall–Kier alpha value is -3.31. The van der Waals surface area contributed by atoms with Crippen LogP contribution in [0.4, 0.5) is 5.69 Å². The summed E-state index contributed by atoms with van der Waals surface area (Å²) < 4.78 is 11.1. The molecule has 0 spiro atoms. The van der Waals surface area contributed by atoms with E-state index in [0.29, 0.717) is 10.8 Å². The Morgan fingerprint density at radius 3 is 2.19 bits per heavy atom. The number of para-hydroxylation sites is 2. The maximum absolute atomic E-state index is 12.6. The summed E-state index contributed by atoms with van der Waals surface area (Å²) >= 11 is 5.91. The number of esters is 1. The van der Waals surface area contributed by atoms with E-state index >= 15 is 0 Å². The first kappa shape index (κ1) is 23.4. The Morgan fingerprint density at radius 1 is 0.875 bits per heavy atom. The molecule has 0 saturated carbocycles. The van der Waals surface area contributed by atoms with Gasteiger partial charge in [-0.15, -0.1) is 0 Å². The number of carbonyl (C=O) groups excluding carboxylic acids is 2. The van der Waals surface area contributed by atoms with Crippen LogP contribution in [-0.2, 0) is 29.0 Å². The number of benzene rings is 3. The molecule has 3 aromatic rings. The highest BCUT2D eigenvalue weighted by Crippen LogP contribution is 2.23. The first-order valence-electron chi connectivity index (χ1n) is 10.6. The molecule has 0 aliphatic heterocycles. The third-order valence-electron chi connectivity index (χ3n) is 5.01. The highest BCUT2D eigenvalue weighted by Gasteiger charge is 2.17. The molecule has 6 heteroatoms. The summed E-state index contributed by atoms with van der Waals surface area (Å²) in [4.78, 5) is 25.1. The zero-order valence-electron chi connectivity index (χ0n) is 18.2. The molecule has 0 bridgehead atoms. The van der Waals surface area contributed by atoms with Crippen molar-refractivity contribution >= 4 is 29.2 Å². The Morgan fingerprint density at radius 2 is 1.53 bits per heavy atom. The molecule has 5 nitrogen and oxygen atoms in total. The van der Waals surface area contributed by atoms with Crippen LogP contribution >= 0.6 is 11.6 Å². The normalized spacial score (nSPS) is 10.5. The summed E-state index contributed by atoms with van der Waals surface area (Å²) in [7, 11) is 0. The van der Waals surface area contributed by atoms with Crippen LogP contribution in [0.2, 0.25) is 5.02 Å². The number of hydrogen-bond donors (Lipinski definition) is 1. The Bertz CT molecular complexity index is 1060. The Kier molecular flexibility index (Phi) is 8.28. The first-order chi connectivity index (χ1) is 15.5. The third-order valence-corrected chi connectivity index (χ3v) is 5.26. The number of ether oxygens (including phenoxy) is 2. The third kappa shape index (κ3) is 6.11. The van der Waals surface area contributed by atoms with Crippen molar-refractivity contribution in [3.63, 3.8) is 0 Å². The number of carbonyl (C=O) groups is 2. The van der Waals surface area contributed by atoms with E-state index in [1.807, 2.05) is 44.2 Å². The van der Waals surface area contributed by atoms with Crippen molar-refractivity contribution in [2.45, 2.75) is 33.3 Å². The van der Waals surface area contributed by atoms with Crippen molar-refractivity contribution in [1.29, 1.82) is 0 Å². The fraction of sp³-hybridized carbons (Fsp3) is 0.231. The second kappa shape index (κ2) is 11.3. The van der Waals surface area contributed by atoms with Crippen molar-refractivity contribution in [2.24, 2.45) is 0 Å². The van der Waals surface area contributed by atoms with Crippen LogP contribution in [0.15, 0.2) is 66.7 Å². The number of anilines is 1. The number of halogens is 1. The zero-order valence-corrected chi connectivity index (χ0v) is 18.9. The van der Waals surface area contributed by atoms with E-state index in [1.54, 1.807) is 36.4 Å². The van der Waals surface area contributed by atoms with Gasteiger partial charge < -0.3 is 14.8 Å². The van der Waals surface area contributed by atoms with E-state index in [4.69, 9.17) is 21.1 Å². The SMILES string of the molecule is CCc1cccc(CC)c1NC(=O)COC(=O)c1ccccc1OCc1ccc(Cl)cc1. The molecule has 0 aromatic heterocycles. The Labute approximate surface area is 193 Å². The van der Waals surface area contributed by atoms with Gasteiger partial charge in [0.2, 0.25) is 0 Å². The molecular weight excluding hydrogens is 426 g/mol. The van der Waals surface area contributed by atoms with Gasteiger partial charge in [-0.25, -0.2) is 4.79 Å². The van der Waals surface area contributed by atoms with E-state index in [1.165, 1.54) is 0 Å². The fourth-order valence-corrected chi connectivity index (χ4v) is 3.42. The van der Waals surface area contributed by atoms with Crippen molar-refractivity contribution in [3.05, 3.63) is 94.0 Å². The molecule has 3 aromatic carbocycles. The molecular formula is C26H26ClNO4. The lowest BCUT2D eigenvalue weighted by Crippen LogP contribution is -2.22. The number of aryl methyl sites for hydroxylation is 2. The van der Waals surface area contributed by atoms with E-state index < -0.39 is 5.97 Å². The van der Waals surface area contributed by atoms with Crippen LogP contribution in [0.1, 0.15) is 40.9 Å². The number of nitrogens with one attached hydrogen (secondary N) is 1. The Balaban J connectivity index is 1.62. The molecule has 166 valence electrons. The fourth-order valence-electron chi connectivity index (χ4n) is 3.29. The molecule has 0 fully saturated rings. The van der Waals surface area contributed by atoms with Crippen molar-refractivity contribution in [2.75, 3.05) is 11.9 Å². The molecule has 0 aliphatic rings. The van der Waals surface area contributed by atoms with Gasteiger partial charge in [-0.3, -0.25) is 4.79 Å². The van der Waals surface area contributed by atoms with Crippen LogP contribution < -0.4 is 10.1 Å². The van der Waals surface area contributed by atoms with E-state index in [0.717, 1.165) is 35.2 Å². The van der Waals surface area contributed by atoms with E-state index in [2.05, 4.69) is 5.32 Å². The topological polar surface area (TPSA) is 64.6 Å². The zero-order chi connectivity index (χ0) is 22.9. The standard InChI is InChI=1S/C26H26ClNO4/c1-3-19-8-7-9-20(4-2)25(19)28-24(29)17-32-26(30)22-10-5-6-11-23(22)31-16-18-12-14-21(27)15-13-18/h5-15H,3-4,16-17H2,1-2H3,(H,28,29). The second-order valence-corrected chi connectivity index (χ2v) is 7.63. The molecule has 0 atom stereocenters. The van der Waals surface area contributed by atoms with E-state index in [9.17, 15) is 9.59 Å². The average Bonchev–Trinajstić information content (AvgIpc) is 2.82. The molecule has 0 unspecified atom stereocenters. The van der Waals surface area contributed by atoms with Crippen LogP contribution in [0, 0.1) is 0 Å². The minimum atomic E-state index is -0.619. The molecule has 0 heterocycles. The van der Waals surface area contributed by atoms with Gasteiger partial charge in [-0.1, -0.05) is 67.9 Å². The van der Waals surface area contributed by atoms with Crippen LogP contribution in [0.3, 0.4) is 0 Å². The minimum Gasteiger partial charge on any atom is -0.488 e. The quantitative estimate of drug-likeness (QED) is 0.415. The summed E-state index contributed by atoms with van der Waals surface area (Å²) in [6.45, 7) is 3.96. The number of rotatable bonds is 9. The summed E-state index contributed by atoms with van der Waals surface area (Å²) in [5, 5.41) is 3.54.